The molecule has 0 aromatic carbocycles. The number of aromatic nitrogens is 3. The first-order valence-corrected chi connectivity index (χ1v) is 10.4. The Kier molecular flexibility index (Phi) is 5.72. The van der Waals surface area contributed by atoms with Gasteiger partial charge in [-0.05, 0) is 24.3 Å². The number of ether oxygens (including phenoxy) is 2. The minimum atomic E-state index is 0.0115. The maximum atomic E-state index is 12.8. The van der Waals surface area contributed by atoms with Crippen molar-refractivity contribution in [2.75, 3.05) is 24.6 Å². The molecule has 2 aromatic rings. The molecule has 0 bridgehead atoms. The van der Waals surface area contributed by atoms with Crippen LogP contribution in [0.3, 0.4) is 0 Å². The summed E-state index contributed by atoms with van der Waals surface area (Å²) in [6, 6.07) is 5.65. The maximum Gasteiger partial charge on any atom is 0.316 e. The van der Waals surface area contributed by atoms with E-state index in [1.165, 1.54) is 0 Å². The molecule has 4 heterocycles. The summed E-state index contributed by atoms with van der Waals surface area (Å²) >= 11 is 1.89. The first-order chi connectivity index (χ1) is 13.3. The second-order valence-electron chi connectivity index (χ2n) is 6.63. The highest BCUT2D eigenvalue weighted by molar-refractivity contribution is 7.99. The summed E-state index contributed by atoms with van der Waals surface area (Å²) in [4.78, 5) is 27.1. The molecule has 4 rings (SSSR count). The van der Waals surface area contributed by atoms with Crippen LogP contribution in [0.1, 0.15) is 29.6 Å². The number of pyridine rings is 1. The summed E-state index contributed by atoms with van der Waals surface area (Å²) in [5, 5.41) is 0. The monoisotopic (exact) mass is 386 g/mol. The fourth-order valence-electron chi connectivity index (χ4n) is 3.24. The van der Waals surface area contributed by atoms with E-state index in [4.69, 9.17) is 9.47 Å². The molecule has 0 N–H and O–H groups in total. The number of piperidine rings is 1. The summed E-state index contributed by atoms with van der Waals surface area (Å²) in [6.07, 6.45) is 7.75. The van der Waals surface area contributed by atoms with Crippen molar-refractivity contribution >= 4 is 17.7 Å². The molecule has 7 nitrogen and oxygen atoms in total. The van der Waals surface area contributed by atoms with Crippen molar-refractivity contribution in [1.29, 1.82) is 0 Å². The summed E-state index contributed by atoms with van der Waals surface area (Å²) in [6.45, 7) is 1.29. The predicted octanol–water partition coefficient (Wildman–Crippen LogP) is 2.44. The minimum absolute atomic E-state index is 0.0115. The van der Waals surface area contributed by atoms with Crippen LogP contribution in [0.5, 0.6) is 11.9 Å². The molecule has 0 aliphatic carbocycles. The molecule has 27 heavy (non-hydrogen) atoms. The number of thioether (sulfide) groups is 1. The molecule has 1 amide bonds. The van der Waals surface area contributed by atoms with Gasteiger partial charge in [0.1, 0.15) is 12.2 Å². The molecule has 0 radical (unpaired) electrons. The Morgan fingerprint density at radius 3 is 2.59 bits per heavy atom. The van der Waals surface area contributed by atoms with Crippen molar-refractivity contribution in [3.8, 4) is 11.9 Å². The van der Waals surface area contributed by atoms with E-state index in [-0.39, 0.29) is 18.1 Å². The van der Waals surface area contributed by atoms with Crippen LogP contribution < -0.4 is 9.47 Å². The van der Waals surface area contributed by atoms with Gasteiger partial charge in [0.05, 0.1) is 0 Å². The van der Waals surface area contributed by atoms with Gasteiger partial charge in [0, 0.05) is 61.9 Å². The van der Waals surface area contributed by atoms with Gasteiger partial charge in [0.15, 0.2) is 0 Å². The van der Waals surface area contributed by atoms with Crippen LogP contribution in [0.2, 0.25) is 0 Å². The lowest BCUT2D eigenvalue weighted by Crippen LogP contribution is -2.42. The number of carbonyl (C=O) groups is 1. The molecule has 2 fully saturated rings. The molecular formula is C19H22N4O3S. The number of amides is 1. The first kappa shape index (κ1) is 18.0. The summed E-state index contributed by atoms with van der Waals surface area (Å²) in [5.41, 5.74) is 0.622. The van der Waals surface area contributed by atoms with Crippen LogP contribution in [-0.4, -0.2) is 62.6 Å². The molecule has 1 unspecified atom stereocenters. The fraction of sp³-hybridized carbons (Fsp3) is 0.474. The van der Waals surface area contributed by atoms with E-state index in [0.717, 1.165) is 30.8 Å². The second kappa shape index (κ2) is 8.56. The van der Waals surface area contributed by atoms with Gasteiger partial charge in [-0.3, -0.25) is 4.79 Å². The van der Waals surface area contributed by atoms with Gasteiger partial charge in [-0.15, -0.1) is 0 Å². The van der Waals surface area contributed by atoms with E-state index in [1.807, 2.05) is 16.7 Å². The van der Waals surface area contributed by atoms with Crippen molar-refractivity contribution in [2.24, 2.45) is 0 Å². The molecule has 2 aliphatic heterocycles. The first-order valence-electron chi connectivity index (χ1n) is 9.21. The summed E-state index contributed by atoms with van der Waals surface area (Å²) in [7, 11) is 0. The Bertz CT molecular complexity index is 763. The lowest BCUT2D eigenvalue weighted by molar-refractivity contribution is 0.0578. The molecule has 2 aliphatic rings. The van der Waals surface area contributed by atoms with Gasteiger partial charge in [-0.1, -0.05) is 0 Å². The molecule has 2 aromatic heterocycles. The number of carbonyl (C=O) groups excluding carboxylic acids is 1. The van der Waals surface area contributed by atoms with Crippen LogP contribution in [0.25, 0.3) is 0 Å². The largest absolute Gasteiger partial charge is 0.473 e. The maximum absolute atomic E-state index is 12.8. The van der Waals surface area contributed by atoms with E-state index in [2.05, 4.69) is 15.0 Å². The zero-order valence-electron chi connectivity index (χ0n) is 15.0. The molecule has 0 spiro atoms. The quantitative estimate of drug-likeness (QED) is 0.781. The van der Waals surface area contributed by atoms with Crippen molar-refractivity contribution < 1.29 is 14.3 Å². The van der Waals surface area contributed by atoms with Gasteiger partial charge in [0.2, 0.25) is 5.88 Å². The van der Waals surface area contributed by atoms with Crippen molar-refractivity contribution in [3.63, 3.8) is 0 Å². The molecule has 142 valence electrons. The Balaban J connectivity index is 1.32. The average molecular weight is 386 g/mol. The Hall–Kier alpha value is -2.35. The van der Waals surface area contributed by atoms with Crippen LogP contribution in [0.4, 0.5) is 0 Å². The standard InChI is InChI=1S/C19H22N4O3S/c24-18(14-2-8-20-17(12-14)25-16-5-11-27-13-16)23-9-3-15(4-10-23)26-19-21-6-1-7-22-19/h1-2,6-8,12,15-16H,3-5,9-11,13H2. The highest BCUT2D eigenvalue weighted by Gasteiger charge is 2.26. The van der Waals surface area contributed by atoms with Gasteiger partial charge in [0.25, 0.3) is 5.91 Å². The zero-order valence-corrected chi connectivity index (χ0v) is 15.8. The highest BCUT2D eigenvalue weighted by atomic mass is 32.2. The molecular weight excluding hydrogens is 364 g/mol. The average Bonchev–Trinajstić information content (AvgIpc) is 3.22. The molecule has 8 heteroatoms. The van der Waals surface area contributed by atoms with E-state index in [0.29, 0.717) is 30.5 Å². The zero-order chi connectivity index (χ0) is 18.5. The van der Waals surface area contributed by atoms with Gasteiger partial charge >= 0.3 is 6.01 Å². The minimum Gasteiger partial charge on any atom is -0.473 e. The van der Waals surface area contributed by atoms with E-state index < -0.39 is 0 Å². The molecule has 2 saturated heterocycles. The predicted molar refractivity (Wildman–Crippen MR) is 102 cm³/mol. The van der Waals surface area contributed by atoms with E-state index in [9.17, 15) is 4.79 Å². The number of hydrogen-bond acceptors (Lipinski definition) is 7. The third kappa shape index (κ3) is 4.68. The number of nitrogens with zero attached hydrogens (tertiary/aromatic N) is 4. The third-order valence-corrected chi connectivity index (χ3v) is 5.83. The smallest absolute Gasteiger partial charge is 0.316 e. The van der Waals surface area contributed by atoms with Crippen LogP contribution in [0, 0.1) is 0 Å². The normalized spacial score (nSPS) is 20.4. The second-order valence-corrected chi connectivity index (χ2v) is 7.78. The van der Waals surface area contributed by atoms with Gasteiger partial charge in [-0.2, -0.15) is 11.8 Å². The third-order valence-electron chi connectivity index (χ3n) is 4.70. The Morgan fingerprint density at radius 2 is 1.85 bits per heavy atom. The number of rotatable bonds is 5. The van der Waals surface area contributed by atoms with Gasteiger partial charge < -0.3 is 14.4 Å². The number of likely N-dealkylation sites (tertiary alicyclic amines) is 1. The molecule has 1 atom stereocenters. The van der Waals surface area contributed by atoms with Crippen LogP contribution in [0.15, 0.2) is 36.8 Å². The van der Waals surface area contributed by atoms with E-state index >= 15 is 0 Å². The highest BCUT2D eigenvalue weighted by Crippen LogP contribution is 2.23. The van der Waals surface area contributed by atoms with Crippen molar-refractivity contribution in [2.45, 2.75) is 31.5 Å². The summed E-state index contributed by atoms with van der Waals surface area (Å²) in [5.74, 6) is 2.65. The fourth-order valence-corrected chi connectivity index (χ4v) is 4.33. The van der Waals surface area contributed by atoms with Gasteiger partial charge in [-0.25, -0.2) is 15.0 Å². The van der Waals surface area contributed by atoms with Crippen molar-refractivity contribution in [3.05, 3.63) is 42.4 Å². The van der Waals surface area contributed by atoms with E-state index in [1.54, 1.807) is 36.8 Å². The topological polar surface area (TPSA) is 77.4 Å². The SMILES string of the molecule is O=C(c1ccnc(OC2CCSC2)c1)N1CCC(Oc2ncccn2)CC1. The lowest BCUT2D eigenvalue weighted by atomic mass is 10.1. The summed E-state index contributed by atoms with van der Waals surface area (Å²) < 4.78 is 11.7. The van der Waals surface area contributed by atoms with Crippen LogP contribution >= 0.6 is 11.8 Å². The Morgan fingerprint density at radius 1 is 1.04 bits per heavy atom. The Labute approximate surface area is 162 Å². The number of hydrogen-bond donors (Lipinski definition) is 0. The molecule has 0 saturated carbocycles. The van der Waals surface area contributed by atoms with Crippen molar-refractivity contribution in [1.82, 2.24) is 19.9 Å². The lowest BCUT2D eigenvalue weighted by Gasteiger charge is -2.31. The van der Waals surface area contributed by atoms with Crippen LogP contribution in [-0.2, 0) is 0 Å².